The molecular formula is C23H17Cl2N3O2. The van der Waals surface area contributed by atoms with E-state index in [0.29, 0.717) is 21.2 Å². The number of carbonyl (C=O) groups is 2. The van der Waals surface area contributed by atoms with Gasteiger partial charge in [-0.2, -0.15) is 5.10 Å². The minimum absolute atomic E-state index is 0.0393. The predicted molar refractivity (Wildman–Crippen MR) is 121 cm³/mol. The van der Waals surface area contributed by atoms with E-state index in [4.69, 9.17) is 23.2 Å². The van der Waals surface area contributed by atoms with Gasteiger partial charge in [-0.3, -0.25) is 9.59 Å². The van der Waals surface area contributed by atoms with Gasteiger partial charge in [-0.05, 0) is 35.9 Å². The summed E-state index contributed by atoms with van der Waals surface area (Å²) in [7, 11) is 0. The van der Waals surface area contributed by atoms with E-state index >= 15 is 0 Å². The fraction of sp³-hybridized carbons (Fsp3) is 0. The van der Waals surface area contributed by atoms with Gasteiger partial charge in [0.15, 0.2) is 0 Å². The smallest absolute Gasteiger partial charge is 0.287 e. The molecule has 0 aromatic heterocycles. The standard InChI is InChI=1S/C23H17Cl2N3O2/c24-19-12-7-13-20(25)18(19)15-26-28-23(30)21(14-16-8-3-1-4-9-16)27-22(29)17-10-5-2-6-11-17/h1-15H,(H,27,29)(H,28,30)/b21-14-,26-15?. The molecule has 0 unspecified atom stereocenters. The largest absolute Gasteiger partial charge is 0.317 e. The lowest BCUT2D eigenvalue weighted by Gasteiger charge is -2.09. The van der Waals surface area contributed by atoms with E-state index in [-0.39, 0.29) is 5.70 Å². The normalized spacial score (nSPS) is 11.3. The van der Waals surface area contributed by atoms with Crippen LogP contribution in [-0.4, -0.2) is 18.0 Å². The summed E-state index contributed by atoms with van der Waals surface area (Å²) in [6.07, 6.45) is 2.91. The van der Waals surface area contributed by atoms with E-state index in [0.717, 1.165) is 5.56 Å². The van der Waals surface area contributed by atoms with E-state index < -0.39 is 11.8 Å². The number of nitrogens with zero attached hydrogens (tertiary/aromatic N) is 1. The number of benzene rings is 3. The van der Waals surface area contributed by atoms with Crippen molar-refractivity contribution in [1.29, 1.82) is 0 Å². The van der Waals surface area contributed by atoms with Crippen molar-refractivity contribution in [3.63, 3.8) is 0 Å². The zero-order chi connectivity index (χ0) is 21.3. The number of nitrogens with one attached hydrogen (secondary N) is 2. The summed E-state index contributed by atoms with van der Waals surface area (Å²) in [5, 5.41) is 7.36. The lowest BCUT2D eigenvalue weighted by molar-refractivity contribution is -0.117. The zero-order valence-electron chi connectivity index (χ0n) is 15.7. The molecule has 0 aliphatic rings. The van der Waals surface area contributed by atoms with Crippen molar-refractivity contribution >= 4 is 47.3 Å². The third kappa shape index (κ3) is 5.80. The van der Waals surface area contributed by atoms with Gasteiger partial charge in [-0.1, -0.05) is 77.8 Å². The van der Waals surface area contributed by atoms with E-state index in [1.54, 1.807) is 54.6 Å². The fourth-order valence-corrected chi connectivity index (χ4v) is 3.00. The van der Waals surface area contributed by atoms with Crippen molar-refractivity contribution in [2.24, 2.45) is 5.10 Å². The molecule has 150 valence electrons. The van der Waals surface area contributed by atoms with Crippen molar-refractivity contribution in [3.05, 3.63) is 111 Å². The molecule has 3 aromatic rings. The molecule has 0 saturated heterocycles. The number of hydrogen-bond acceptors (Lipinski definition) is 3. The molecule has 7 heteroatoms. The van der Waals surface area contributed by atoms with Crippen LogP contribution in [0.4, 0.5) is 0 Å². The van der Waals surface area contributed by atoms with Gasteiger partial charge in [-0.15, -0.1) is 0 Å². The van der Waals surface area contributed by atoms with Crippen molar-refractivity contribution in [1.82, 2.24) is 10.7 Å². The molecule has 0 atom stereocenters. The Morgan fingerprint density at radius 1 is 0.800 bits per heavy atom. The maximum Gasteiger partial charge on any atom is 0.287 e. The molecule has 0 heterocycles. The van der Waals surface area contributed by atoms with Gasteiger partial charge in [0.1, 0.15) is 5.70 Å². The molecule has 3 aromatic carbocycles. The minimum Gasteiger partial charge on any atom is -0.317 e. The maximum absolute atomic E-state index is 12.7. The third-order valence-electron chi connectivity index (χ3n) is 4.00. The minimum atomic E-state index is -0.595. The van der Waals surface area contributed by atoms with Crippen LogP contribution in [0.25, 0.3) is 6.08 Å². The quantitative estimate of drug-likeness (QED) is 0.326. The molecule has 0 spiro atoms. The Bertz CT molecular complexity index is 1080. The average Bonchev–Trinajstić information content (AvgIpc) is 2.76. The molecule has 0 radical (unpaired) electrons. The van der Waals surface area contributed by atoms with Crippen molar-refractivity contribution < 1.29 is 9.59 Å². The Morgan fingerprint density at radius 3 is 2.03 bits per heavy atom. The van der Waals surface area contributed by atoms with Crippen LogP contribution in [0, 0.1) is 0 Å². The van der Waals surface area contributed by atoms with Crippen molar-refractivity contribution in [2.75, 3.05) is 0 Å². The van der Waals surface area contributed by atoms with E-state index in [2.05, 4.69) is 15.8 Å². The number of halogens is 2. The molecule has 0 saturated carbocycles. The molecular weight excluding hydrogens is 421 g/mol. The van der Waals surface area contributed by atoms with Crippen molar-refractivity contribution in [3.8, 4) is 0 Å². The summed E-state index contributed by atoms with van der Waals surface area (Å²) in [6, 6.07) is 22.8. The lowest BCUT2D eigenvalue weighted by Crippen LogP contribution is -2.32. The van der Waals surface area contributed by atoms with Gasteiger partial charge in [0.05, 0.1) is 16.3 Å². The molecule has 5 nitrogen and oxygen atoms in total. The highest BCUT2D eigenvalue weighted by Gasteiger charge is 2.14. The third-order valence-corrected chi connectivity index (χ3v) is 4.66. The van der Waals surface area contributed by atoms with Crippen LogP contribution in [-0.2, 0) is 4.79 Å². The summed E-state index contributed by atoms with van der Waals surface area (Å²) in [5.74, 6) is -1.01. The molecule has 0 aliphatic carbocycles. The Balaban J connectivity index is 1.81. The first kappa shape index (κ1) is 21.3. The average molecular weight is 438 g/mol. The molecule has 3 rings (SSSR count). The number of rotatable bonds is 6. The van der Waals surface area contributed by atoms with E-state index in [1.807, 2.05) is 30.3 Å². The highest BCUT2D eigenvalue weighted by atomic mass is 35.5. The van der Waals surface area contributed by atoms with Gasteiger partial charge in [-0.25, -0.2) is 5.43 Å². The maximum atomic E-state index is 12.7. The van der Waals surface area contributed by atoms with Crippen LogP contribution in [0.2, 0.25) is 10.0 Å². The number of amides is 2. The number of carbonyl (C=O) groups excluding carboxylic acids is 2. The van der Waals surface area contributed by atoms with E-state index in [9.17, 15) is 9.59 Å². The highest BCUT2D eigenvalue weighted by Crippen LogP contribution is 2.22. The molecule has 2 amide bonds. The Kier molecular flexibility index (Phi) is 7.38. The lowest BCUT2D eigenvalue weighted by atomic mass is 10.1. The van der Waals surface area contributed by atoms with Gasteiger partial charge in [0.2, 0.25) is 0 Å². The van der Waals surface area contributed by atoms with Crippen molar-refractivity contribution in [2.45, 2.75) is 0 Å². The first-order chi connectivity index (χ1) is 14.5. The summed E-state index contributed by atoms with van der Waals surface area (Å²) in [6.45, 7) is 0. The second-order valence-corrected chi connectivity index (χ2v) is 6.94. The summed E-state index contributed by atoms with van der Waals surface area (Å²) >= 11 is 12.2. The van der Waals surface area contributed by atoms with Crippen LogP contribution < -0.4 is 10.7 Å². The second-order valence-electron chi connectivity index (χ2n) is 6.12. The van der Waals surface area contributed by atoms with Crippen LogP contribution in [0.1, 0.15) is 21.5 Å². The molecule has 0 fully saturated rings. The fourth-order valence-electron chi connectivity index (χ4n) is 2.51. The SMILES string of the molecule is O=C(NN=Cc1c(Cl)cccc1Cl)/C(=C/c1ccccc1)NC(=O)c1ccccc1. The van der Waals surface area contributed by atoms with E-state index in [1.165, 1.54) is 6.21 Å². The van der Waals surface area contributed by atoms with Crippen LogP contribution >= 0.6 is 23.2 Å². The Labute approximate surface area is 184 Å². The van der Waals surface area contributed by atoms with Gasteiger partial charge in [0, 0.05) is 11.1 Å². The monoisotopic (exact) mass is 437 g/mol. The topological polar surface area (TPSA) is 70.6 Å². The highest BCUT2D eigenvalue weighted by molar-refractivity contribution is 6.38. The molecule has 2 N–H and O–H groups in total. The van der Waals surface area contributed by atoms with Gasteiger partial charge >= 0.3 is 0 Å². The Hall–Kier alpha value is -3.41. The second kappa shape index (κ2) is 10.4. The van der Waals surface area contributed by atoms with Crippen LogP contribution in [0.3, 0.4) is 0 Å². The Morgan fingerprint density at radius 2 is 1.40 bits per heavy atom. The summed E-state index contributed by atoms with van der Waals surface area (Å²) in [4.78, 5) is 25.2. The molecule has 0 aliphatic heterocycles. The van der Waals surface area contributed by atoms with Crippen LogP contribution in [0.15, 0.2) is 89.7 Å². The number of hydrazone groups is 1. The summed E-state index contributed by atoms with van der Waals surface area (Å²) in [5.41, 5.74) is 4.08. The molecule has 30 heavy (non-hydrogen) atoms. The predicted octanol–water partition coefficient (Wildman–Crippen LogP) is 4.91. The zero-order valence-corrected chi connectivity index (χ0v) is 17.2. The van der Waals surface area contributed by atoms with Gasteiger partial charge in [0.25, 0.3) is 11.8 Å². The number of hydrogen-bond donors (Lipinski definition) is 2. The van der Waals surface area contributed by atoms with Gasteiger partial charge < -0.3 is 5.32 Å². The first-order valence-corrected chi connectivity index (χ1v) is 9.71. The van der Waals surface area contributed by atoms with Crippen LogP contribution in [0.5, 0.6) is 0 Å². The first-order valence-electron chi connectivity index (χ1n) is 8.95. The molecule has 0 bridgehead atoms. The summed E-state index contributed by atoms with van der Waals surface area (Å²) < 4.78 is 0.